The molecule has 0 spiro atoms. The van der Waals surface area contributed by atoms with Crippen LogP contribution in [0.2, 0.25) is 0 Å². The molecule has 82 valence electrons. The summed E-state index contributed by atoms with van der Waals surface area (Å²) < 4.78 is 7.05. The van der Waals surface area contributed by atoms with E-state index >= 15 is 0 Å². The Kier molecular flexibility index (Phi) is 3.07. The Morgan fingerprint density at radius 2 is 2.00 bits per heavy atom. The first-order valence-electron chi connectivity index (χ1n) is 4.92. The fourth-order valence-corrected chi connectivity index (χ4v) is 1.87. The van der Waals surface area contributed by atoms with Crippen LogP contribution in [-0.2, 0) is 0 Å². The Morgan fingerprint density at radius 1 is 1.31 bits per heavy atom. The van der Waals surface area contributed by atoms with Crippen LogP contribution >= 0.6 is 8.20 Å². The Balaban J connectivity index is 2.45. The lowest BCUT2D eigenvalue weighted by atomic mass is 10.3. The zero-order valence-corrected chi connectivity index (χ0v) is 10.2. The van der Waals surface area contributed by atoms with E-state index in [1.54, 1.807) is 11.8 Å². The maximum atomic E-state index is 5.26. The number of aromatic nitrogens is 2. The molecule has 0 radical (unpaired) electrons. The van der Waals surface area contributed by atoms with Gasteiger partial charge in [-0.2, -0.15) is 5.10 Å². The van der Waals surface area contributed by atoms with E-state index in [9.17, 15) is 0 Å². The van der Waals surface area contributed by atoms with Gasteiger partial charge < -0.3 is 4.74 Å². The summed E-state index contributed by atoms with van der Waals surface area (Å²) in [7, 11) is 2.68. The van der Waals surface area contributed by atoms with E-state index in [0.29, 0.717) is 0 Å². The van der Waals surface area contributed by atoms with E-state index in [1.165, 1.54) is 5.30 Å². The average molecular weight is 232 g/mol. The molecular weight excluding hydrogens is 219 g/mol. The van der Waals surface area contributed by atoms with Gasteiger partial charge in [0.25, 0.3) is 0 Å². The normalized spacial score (nSPS) is 10.6. The predicted octanol–water partition coefficient (Wildman–Crippen LogP) is 2.19. The number of hydrogen-bond donors (Lipinski definition) is 0. The van der Waals surface area contributed by atoms with Crippen LogP contribution in [0.15, 0.2) is 30.3 Å². The van der Waals surface area contributed by atoms with E-state index in [-0.39, 0.29) is 0 Å². The van der Waals surface area contributed by atoms with Crippen molar-refractivity contribution in [1.82, 2.24) is 9.78 Å². The molecule has 0 saturated carbocycles. The number of nitrogens with zero attached hydrogens (tertiary/aromatic N) is 2. The van der Waals surface area contributed by atoms with Crippen LogP contribution in [0.5, 0.6) is 5.88 Å². The standard InChI is InChI=1S/C12H13N2OP/c1-9-8-12(15-2)14(13-9)10-4-6-11(16-3)7-5-10/h4-8H,3H2,1-2H3. The van der Waals surface area contributed by atoms with Gasteiger partial charge in [0, 0.05) is 11.4 Å². The van der Waals surface area contributed by atoms with Crippen molar-refractivity contribution < 1.29 is 4.74 Å². The summed E-state index contributed by atoms with van der Waals surface area (Å²) in [5.74, 6) is 0.748. The van der Waals surface area contributed by atoms with Gasteiger partial charge >= 0.3 is 0 Å². The first-order valence-corrected chi connectivity index (χ1v) is 6.00. The van der Waals surface area contributed by atoms with E-state index in [0.717, 1.165) is 25.5 Å². The minimum Gasteiger partial charge on any atom is -0.481 e. The van der Waals surface area contributed by atoms with Crippen molar-refractivity contribution in [1.29, 1.82) is 0 Å². The molecule has 0 aliphatic heterocycles. The van der Waals surface area contributed by atoms with E-state index in [4.69, 9.17) is 4.74 Å². The highest BCUT2D eigenvalue weighted by Gasteiger charge is 2.06. The summed E-state index contributed by atoms with van der Waals surface area (Å²) in [6.07, 6.45) is 3.82. The second kappa shape index (κ2) is 4.50. The molecule has 0 N–H and O–H groups in total. The van der Waals surface area contributed by atoms with Crippen LogP contribution in [0.4, 0.5) is 0 Å². The highest BCUT2D eigenvalue weighted by molar-refractivity contribution is 7.45. The lowest BCUT2D eigenvalue weighted by Gasteiger charge is -2.05. The lowest BCUT2D eigenvalue weighted by Crippen LogP contribution is -2.01. The van der Waals surface area contributed by atoms with Crippen LogP contribution in [-0.4, -0.2) is 23.2 Å². The summed E-state index contributed by atoms with van der Waals surface area (Å²) in [5.41, 5.74) is 1.94. The molecule has 2 aromatic rings. The zero-order valence-electron chi connectivity index (χ0n) is 9.34. The minimum absolute atomic E-state index is 0.748. The number of benzene rings is 1. The second-order valence-corrected chi connectivity index (χ2v) is 4.25. The molecule has 1 heterocycles. The molecule has 1 aromatic carbocycles. The van der Waals surface area contributed by atoms with Crippen molar-refractivity contribution in [3.05, 3.63) is 36.0 Å². The van der Waals surface area contributed by atoms with E-state index in [2.05, 4.69) is 11.4 Å². The summed E-state index contributed by atoms with van der Waals surface area (Å²) in [5, 5.41) is 5.57. The number of aryl methyl sites for hydroxylation is 1. The molecule has 0 aliphatic rings. The lowest BCUT2D eigenvalue weighted by molar-refractivity contribution is 0.383. The van der Waals surface area contributed by atoms with E-state index in [1.807, 2.05) is 37.3 Å². The van der Waals surface area contributed by atoms with Gasteiger partial charge in [-0.15, -0.1) is 0 Å². The van der Waals surface area contributed by atoms with Gasteiger partial charge in [0.1, 0.15) is 0 Å². The maximum absolute atomic E-state index is 5.26. The SMILES string of the molecule is C=Pc1ccc(-n2nc(C)cc2OC)cc1. The average Bonchev–Trinajstić information content (AvgIpc) is 2.70. The van der Waals surface area contributed by atoms with Gasteiger partial charge in [0.05, 0.1) is 18.5 Å². The van der Waals surface area contributed by atoms with Crippen molar-refractivity contribution in [2.75, 3.05) is 7.11 Å². The Hall–Kier alpha value is -1.60. The summed E-state index contributed by atoms with van der Waals surface area (Å²) in [6.45, 7) is 1.95. The largest absolute Gasteiger partial charge is 0.481 e. The molecule has 1 aromatic heterocycles. The van der Waals surface area contributed by atoms with Crippen LogP contribution in [0.25, 0.3) is 5.69 Å². The Morgan fingerprint density at radius 3 is 2.56 bits per heavy atom. The van der Waals surface area contributed by atoms with Gasteiger partial charge in [-0.25, -0.2) is 4.68 Å². The number of rotatable bonds is 3. The van der Waals surface area contributed by atoms with Gasteiger partial charge in [0.15, 0.2) is 0 Å². The molecule has 0 unspecified atom stereocenters. The highest BCUT2D eigenvalue weighted by Crippen LogP contribution is 2.18. The summed E-state index contributed by atoms with van der Waals surface area (Å²) in [6, 6.07) is 10.0. The molecule has 16 heavy (non-hydrogen) atoms. The molecule has 0 bridgehead atoms. The number of hydrogen-bond acceptors (Lipinski definition) is 2. The molecule has 0 amide bonds. The van der Waals surface area contributed by atoms with E-state index < -0.39 is 0 Å². The molecule has 0 atom stereocenters. The molecule has 0 aliphatic carbocycles. The third kappa shape index (κ3) is 2.00. The smallest absolute Gasteiger partial charge is 0.216 e. The van der Waals surface area contributed by atoms with Crippen LogP contribution in [0.3, 0.4) is 0 Å². The number of methoxy groups -OCH3 is 1. The third-order valence-electron chi connectivity index (χ3n) is 2.28. The summed E-state index contributed by atoms with van der Waals surface area (Å²) >= 11 is 0. The summed E-state index contributed by atoms with van der Waals surface area (Å²) in [4.78, 5) is 0. The molecule has 0 fully saturated rings. The monoisotopic (exact) mass is 232 g/mol. The van der Waals surface area contributed by atoms with Crippen LogP contribution in [0.1, 0.15) is 5.69 Å². The van der Waals surface area contributed by atoms with Gasteiger partial charge in [-0.1, -0.05) is 14.5 Å². The Labute approximate surface area is 96.5 Å². The first-order chi connectivity index (χ1) is 7.74. The Bertz CT molecular complexity index is 502. The van der Waals surface area contributed by atoms with Crippen molar-refractivity contribution >= 4 is 19.8 Å². The van der Waals surface area contributed by atoms with Gasteiger partial charge in [-0.05, 0) is 31.2 Å². The van der Waals surface area contributed by atoms with Crippen molar-refractivity contribution in [3.8, 4) is 11.6 Å². The van der Waals surface area contributed by atoms with Crippen molar-refractivity contribution in [2.24, 2.45) is 0 Å². The van der Waals surface area contributed by atoms with Crippen molar-refractivity contribution in [2.45, 2.75) is 6.92 Å². The van der Waals surface area contributed by atoms with Crippen LogP contribution < -0.4 is 10.0 Å². The zero-order chi connectivity index (χ0) is 11.5. The van der Waals surface area contributed by atoms with Gasteiger partial charge in [0.2, 0.25) is 5.88 Å². The predicted molar refractivity (Wildman–Crippen MR) is 68.5 cm³/mol. The molecular formula is C12H13N2OP. The molecule has 4 heteroatoms. The molecule has 2 rings (SSSR count). The maximum Gasteiger partial charge on any atom is 0.216 e. The number of ether oxygens (including phenoxy) is 1. The third-order valence-corrected chi connectivity index (χ3v) is 2.95. The fourth-order valence-electron chi connectivity index (χ4n) is 1.51. The second-order valence-electron chi connectivity index (χ2n) is 3.41. The van der Waals surface area contributed by atoms with Crippen LogP contribution in [0, 0.1) is 6.92 Å². The fraction of sp³-hybridized carbons (Fsp3) is 0.167. The van der Waals surface area contributed by atoms with Crippen molar-refractivity contribution in [3.63, 3.8) is 0 Å². The highest BCUT2D eigenvalue weighted by atomic mass is 31.1. The first kappa shape index (κ1) is 10.9. The quantitative estimate of drug-likeness (QED) is 0.758. The minimum atomic E-state index is 0.748. The molecule has 3 nitrogen and oxygen atoms in total. The van der Waals surface area contributed by atoms with Gasteiger partial charge in [-0.3, -0.25) is 0 Å². The molecule has 0 saturated heterocycles. The topological polar surface area (TPSA) is 27.1 Å².